The summed E-state index contributed by atoms with van der Waals surface area (Å²) in [6.45, 7) is 9.16. The molecule has 1 fully saturated rings. The van der Waals surface area contributed by atoms with E-state index in [1.165, 1.54) is 0 Å². The summed E-state index contributed by atoms with van der Waals surface area (Å²) in [5.74, 6) is 2.26. The van der Waals surface area contributed by atoms with Crippen molar-refractivity contribution in [1.82, 2.24) is 15.0 Å². The first-order chi connectivity index (χ1) is 13.6. The standard InChI is InChI=1S/C20H26N4O4/c1-14-11-17(28-22-14)13-23-5-7-24(8-6-23)15(2)20(25)21-16-3-4-18-19(12-16)27-10-9-26-18/h3-4,11-12,15H,5-10,13H2,1-2H3,(H,21,25). The highest BCUT2D eigenvalue weighted by Gasteiger charge is 2.26. The fourth-order valence-electron chi connectivity index (χ4n) is 3.55. The number of nitrogens with one attached hydrogen (secondary N) is 1. The summed E-state index contributed by atoms with van der Waals surface area (Å²) < 4.78 is 16.4. The van der Waals surface area contributed by atoms with Gasteiger partial charge in [-0.1, -0.05) is 5.16 Å². The van der Waals surface area contributed by atoms with Crippen molar-refractivity contribution in [2.24, 2.45) is 0 Å². The van der Waals surface area contributed by atoms with Gasteiger partial charge in [-0.2, -0.15) is 0 Å². The van der Waals surface area contributed by atoms with E-state index < -0.39 is 0 Å². The predicted molar refractivity (Wildman–Crippen MR) is 104 cm³/mol. The van der Waals surface area contributed by atoms with E-state index in [2.05, 4.69) is 20.3 Å². The molecule has 1 unspecified atom stereocenters. The van der Waals surface area contributed by atoms with Crippen LogP contribution in [0.15, 0.2) is 28.8 Å². The van der Waals surface area contributed by atoms with Crippen molar-refractivity contribution in [2.45, 2.75) is 26.4 Å². The Kier molecular flexibility index (Phi) is 5.50. The van der Waals surface area contributed by atoms with Gasteiger partial charge in [0.05, 0.1) is 18.3 Å². The number of aromatic nitrogens is 1. The highest BCUT2D eigenvalue weighted by molar-refractivity contribution is 5.94. The molecule has 1 atom stereocenters. The number of benzene rings is 1. The SMILES string of the molecule is Cc1cc(CN2CCN(C(C)C(=O)Nc3ccc4c(c3)OCCO4)CC2)on1. The molecule has 0 radical (unpaired) electrons. The Morgan fingerprint density at radius 3 is 2.61 bits per heavy atom. The van der Waals surface area contributed by atoms with Crippen LogP contribution in [0.2, 0.25) is 0 Å². The number of nitrogens with zero attached hydrogens (tertiary/aromatic N) is 3. The number of rotatable bonds is 5. The summed E-state index contributed by atoms with van der Waals surface area (Å²) >= 11 is 0. The fraction of sp³-hybridized carbons (Fsp3) is 0.500. The van der Waals surface area contributed by atoms with E-state index in [0.717, 1.165) is 55.6 Å². The van der Waals surface area contributed by atoms with Gasteiger partial charge in [-0.25, -0.2) is 0 Å². The zero-order chi connectivity index (χ0) is 19.5. The maximum Gasteiger partial charge on any atom is 0.241 e. The third-order valence-corrected chi connectivity index (χ3v) is 5.20. The normalized spacial score (nSPS) is 18.6. The van der Waals surface area contributed by atoms with E-state index in [9.17, 15) is 4.79 Å². The highest BCUT2D eigenvalue weighted by atomic mass is 16.6. The number of anilines is 1. The van der Waals surface area contributed by atoms with Gasteiger partial charge in [-0.3, -0.25) is 14.6 Å². The number of amides is 1. The highest BCUT2D eigenvalue weighted by Crippen LogP contribution is 2.32. The molecule has 8 heteroatoms. The van der Waals surface area contributed by atoms with Gasteiger partial charge >= 0.3 is 0 Å². The van der Waals surface area contributed by atoms with Gasteiger partial charge in [-0.05, 0) is 26.0 Å². The predicted octanol–water partition coefficient (Wildman–Crippen LogP) is 1.90. The minimum Gasteiger partial charge on any atom is -0.486 e. The summed E-state index contributed by atoms with van der Waals surface area (Å²) in [5, 5.41) is 6.92. The Morgan fingerprint density at radius 2 is 1.89 bits per heavy atom. The zero-order valence-electron chi connectivity index (χ0n) is 16.3. The molecule has 28 heavy (non-hydrogen) atoms. The molecule has 2 aliphatic heterocycles. The van der Waals surface area contributed by atoms with Gasteiger partial charge in [0, 0.05) is 44.0 Å². The molecular formula is C20H26N4O4. The number of ether oxygens (including phenoxy) is 2. The lowest BCUT2D eigenvalue weighted by Gasteiger charge is -2.37. The number of fused-ring (bicyclic) bond motifs is 1. The van der Waals surface area contributed by atoms with Crippen molar-refractivity contribution in [3.05, 3.63) is 35.7 Å². The lowest BCUT2D eigenvalue weighted by molar-refractivity contribution is -0.121. The molecule has 2 aliphatic rings. The Balaban J connectivity index is 1.28. The molecule has 1 N–H and O–H groups in total. The van der Waals surface area contributed by atoms with Gasteiger partial charge in [0.25, 0.3) is 0 Å². The molecule has 3 heterocycles. The van der Waals surface area contributed by atoms with Crippen LogP contribution in [0.1, 0.15) is 18.4 Å². The summed E-state index contributed by atoms with van der Waals surface area (Å²) in [7, 11) is 0. The van der Waals surface area contributed by atoms with E-state index in [1.807, 2.05) is 38.1 Å². The van der Waals surface area contributed by atoms with Crippen LogP contribution < -0.4 is 14.8 Å². The van der Waals surface area contributed by atoms with Crippen molar-refractivity contribution >= 4 is 11.6 Å². The Hall–Kier alpha value is -2.58. The molecule has 0 aliphatic carbocycles. The number of hydrogen-bond donors (Lipinski definition) is 1. The molecule has 1 aromatic heterocycles. The first kappa shape index (κ1) is 18.8. The first-order valence-electron chi connectivity index (χ1n) is 9.67. The Bertz CT molecular complexity index is 829. The quantitative estimate of drug-likeness (QED) is 0.841. The largest absolute Gasteiger partial charge is 0.486 e. The van der Waals surface area contributed by atoms with Crippen LogP contribution >= 0.6 is 0 Å². The molecule has 1 amide bonds. The second-order valence-electron chi connectivity index (χ2n) is 7.27. The summed E-state index contributed by atoms with van der Waals surface area (Å²) in [6.07, 6.45) is 0. The smallest absolute Gasteiger partial charge is 0.241 e. The molecule has 0 saturated carbocycles. The molecular weight excluding hydrogens is 360 g/mol. The molecule has 2 aromatic rings. The zero-order valence-corrected chi connectivity index (χ0v) is 16.3. The Labute approximate surface area is 164 Å². The lowest BCUT2D eigenvalue weighted by atomic mass is 10.2. The van der Waals surface area contributed by atoms with Crippen molar-refractivity contribution in [3.63, 3.8) is 0 Å². The average molecular weight is 386 g/mol. The molecule has 1 saturated heterocycles. The maximum atomic E-state index is 12.7. The molecule has 150 valence electrons. The molecule has 0 spiro atoms. The summed E-state index contributed by atoms with van der Waals surface area (Å²) in [5.41, 5.74) is 1.62. The Morgan fingerprint density at radius 1 is 1.14 bits per heavy atom. The van der Waals surface area contributed by atoms with E-state index in [4.69, 9.17) is 14.0 Å². The van der Waals surface area contributed by atoms with E-state index in [-0.39, 0.29) is 11.9 Å². The molecule has 4 rings (SSSR count). The van der Waals surface area contributed by atoms with Gasteiger partial charge in [0.1, 0.15) is 13.2 Å². The first-order valence-corrected chi connectivity index (χ1v) is 9.67. The van der Waals surface area contributed by atoms with Crippen LogP contribution in [0, 0.1) is 6.92 Å². The molecule has 1 aromatic carbocycles. The number of hydrogen-bond acceptors (Lipinski definition) is 7. The van der Waals surface area contributed by atoms with Crippen LogP contribution in [0.5, 0.6) is 11.5 Å². The van der Waals surface area contributed by atoms with Crippen LogP contribution in [0.25, 0.3) is 0 Å². The second kappa shape index (κ2) is 8.20. The monoisotopic (exact) mass is 386 g/mol. The topological polar surface area (TPSA) is 80.1 Å². The van der Waals surface area contributed by atoms with Crippen molar-refractivity contribution in [1.29, 1.82) is 0 Å². The average Bonchev–Trinajstić information content (AvgIpc) is 3.12. The van der Waals surface area contributed by atoms with Gasteiger partial charge in [0.2, 0.25) is 5.91 Å². The van der Waals surface area contributed by atoms with Crippen LogP contribution in [0.3, 0.4) is 0 Å². The number of carbonyl (C=O) groups excluding carboxylic acids is 1. The maximum absolute atomic E-state index is 12.7. The van der Waals surface area contributed by atoms with Crippen molar-refractivity contribution < 1.29 is 18.8 Å². The lowest BCUT2D eigenvalue weighted by Crippen LogP contribution is -2.52. The van der Waals surface area contributed by atoms with Gasteiger partial charge in [0.15, 0.2) is 17.3 Å². The minimum atomic E-state index is -0.206. The van der Waals surface area contributed by atoms with Gasteiger partial charge < -0.3 is 19.3 Å². The summed E-state index contributed by atoms with van der Waals surface area (Å²) in [4.78, 5) is 17.2. The number of aryl methyl sites for hydroxylation is 1. The molecule has 0 bridgehead atoms. The number of piperazine rings is 1. The fourth-order valence-corrected chi connectivity index (χ4v) is 3.55. The van der Waals surface area contributed by atoms with Gasteiger partial charge in [-0.15, -0.1) is 0 Å². The summed E-state index contributed by atoms with van der Waals surface area (Å²) in [6, 6.07) is 7.25. The van der Waals surface area contributed by atoms with E-state index in [0.29, 0.717) is 19.0 Å². The third-order valence-electron chi connectivity index (χ3n) is 5.20. The van der Waals surface area contributed by atoms with Crippen LogP contribution in [0.4, 0.5) is 5.69 Å². The van der Waals surface area contributed by atoms with Crippen molar-refractivity contribution in [3.8, 4) is 11.5 Å². The number of carbonyl (C=O) groups is 1. The van der Waals surface area contributed by atoms with Crippen LogP contribution in [-0.2, 0) is 11.3 Å². The van der Waals surface area contributed by atoms with E-state index >= 15 is 0 Å². The third kappa shape index (κ3) is 4.28. The molecule has 8 nitrogen and oxygen atoms in total. The van der Waals surface area contributed by atoms with E-state index in [1.54, 1.807) is 0 Å². The second-order valence-corrected chi connectivity index (χ2v) is 7.27. The minimum absolute atomic E-state index is 0.0176. The van der Waals surface area contributed by atoms with Crippen LogP contribution in [-0.4, -0.2) is 66.3 Å². The van der Waals surface area contributed by atoms with Crippen molar-refractivity contribution in [2.75, 3.05) is 44.7 Å².